The molecular formula is C14H21ClN2O2S. The molecule has 0 amide bonds. The Hall–Kier alpha value is -0.620. The first-order valence-corrected chi connectivity index (χ1v) is 8.85. The lowest BCUT2D eigenvalue weighted by Crippen LogP contribution is -2.36. The maximum absolute atomic E-state index is 12.3. The minimum absolute atomic E-state index is 0.249. The second kappa shape index (κ2) is 6.89. The van der Waals surface area contributed by atoms with Crippen LogP contribution in [-0.4, -0.2) is 38.6 Å². The molecule has 0 radical (unpaired) electrons. The van der Waals surface area contributed by atoms with E-state index in [0.717, 1.165) is 31.5 Å². The monoisotopic (exact) mass is 316 g/mol. The fourth-order valence-electron chi connectivity index (χ4n) is 2.42. The summed E-state index contributed by atoms with van der Waals surface area (Å²) in [5.74, 6) is 0.521. The molecule has 2 rings (SSSR count). The van der Waals surface area contributed by atoms with Gasteiger partial charge in [-0.05, 0) is 49.5 Å². The second-order valence-electron chi connectivity index (χ2n) is 5.35. The van der Waals surface area contributed by atoms with Gasteiger partial charge in [0.25, 0.3) is 0 Å². The summed E-state index contributed by atoms with van der Waals surface area (Å²) < 4.78 is 26.1. The molecular weight excluding hydrogens is 296 g/mol. The van der Waals surface area contributed by atoms with Crippen LogP contribution >= 0.6 is 11.6 Å². The van der Waals surface area contributed by atoms with E-state index in [0.29, 0.717) is 11.6 Å². The predicted octanol–water partition coefficient (Wildman–Crippen LogP) is 2.10. The average Bonchev–Trinajstić information content (AvgIpc) is 2.42. The topological polar surface area (TPSA) is 49.4 Å². The van der Waals surface area contributed by atoms with Crippen LogP contribution in [0.3, 0.4) is 0 Å². The van der Waals surface area contributed by atoms with Gasteiger partial charge in [-0.15, -0.1) is 0 Å². The third-order valence-corrected chi connectivity index (χ3v) is 5.92. The number of nitrogens with one attached hydrogen (secondary N) is 1. The fraction of sp³-hybridized carbons (Fsp3) is 0.571. The minimum Gasteiger partial charge on any atom is -0.317 e. The summed E-state index contributed by atoms with van der Waals surface area (Å²) in [7, 11) is -1.55. The van der Waals surface area contributed by atoms with Gasteiger partial charge < -0.3 is 5.32 Å². The van der Waals surface area contributed by atoms with Gasteiger partial charge >= 0.3 is 0 Å². The van der Waals surface area contributed by atoms with Gasteiger partial charge in [0.05, 0.1) is 5.75 Å². The molecule has 0 atom stereocenters. The highest BCUT2D eigenvalue weighted by molar-refractivity contribution is 7.89. The third kappa shape index (κ3) is 4.45. The number of halogens is 1. The molecule has 0 spiro atoms. The SMILES string of the molecule is CN(Cc1ccc(Cl)cc1)S(=O)(=O)CC1CCNCC1. The lowest BCUT2D eigenvalue weighted by atomic mass is 10.0. The molecule has 0 aromatic heterocycles. The van der Waals surface area contributed by atoms with Gasteiger partial charge in [0.15, 0.2) is 0 Å². The van der Waals surface area contributed by atoms with E-state index in [-0.39, 0.29) is 11.7 Å². The van der Waals surface area contributed by atoms with Crippen molar-refractivity contribution in [3.05, 3.63) is 34.9 Å². The molecule has 1 N–H and O–H groups in total. The molecule has 20 heavy (non-hydrogen) atoms. The lowest BCUT2D eigenvalue weighted by molar-refractivity contribution is 0.388. The fourth-order valence-corrected chi connectivity index (χ4v) is 4.07. The summed E-state index contributed by atoms with van der Waals surface area (Å²) in [6, 6.07) is 7.28. The number of nitrogens with zero attached hydrogens (tertiary/aromatic N) is 1. The summed E-state index contributed by atoms with van der Waals surface area (Å²) >= 11 is 5.83. The highest BCUT2D eigenvalue weighted by Gasteiger charge is 2.24. The van der Waals surface area contributed by atoms with Gasteiger partial charge in [-0.3, -0.25) is 0 Å². The Balaban J connectivity index is 1.95. The van der Waals surface area contributed by atoms with Crippen molar-refractivity contribution >= 4 is 21.6 Å². The highest BCUT2D eigenvalue weighted by atomic mass is 35.5. The van der Waals surface area contributed by atoms with Crippen LogP contribution in [0.25, 0.3) is 0 Å². The van der Waals surface area contributed by atoms with Gasteiger partial charge in [-0.2, -0.15) is 0 Å². The molecule has 1 heterocycles. The Morgan fingerprint density at radius 3 is 2.45 bits per heavy atom. The van der Waals surface area contributed by atoms with Gasteiger partial charge in [0.2, 0.25) is 10.0 Å². The molecule has 0 aliphatic carbocycles. The third-order valence-electron chi connectivity index (χ3n) is 3.70. The molecule has 0 saturated carbocycles. The van der Waals surface area contributed by atoms with E-state index in [1.807, 2.05) is 12.1 Å². The summed E-state index contributed by atoms with van der Waals surface area (Å²) in [6.07, 6.45) is 1.88. The zero-order valence-corrected chi connectivity index (χ0v) is 13.3. The van der Waals surface area contributed by atoms with Crippen molar-refractivity contribution in [3.63, 3.8) is 0 Å². The van der Waals surface area contributed by atoms with Crippen LogP contribution in [0.1, 0.15) is 18.4 Å². The molecule has 1 aromatic rings. The van der Waals surface area contributed by atoms with E-state index in [2.05, 4.69) is 5.32 Å². The Kier molecular flexibility index (Phi) is 5.43. The summed E-state index contributed by atoms with van der Waals surface area (Å²) in [5.41, 5.74) is 0.950. The molecule has 0 bridgehead atoms. The van der Waals surface area contributed by atoms with E-state index >= 15 is 0 Å². The van der Waals surface area contributed by atoms with Gasteiger partial charge in [0.1, 0.15) is 0 Å². The molecule has 1 aliphatic heterocycles. The molecule has 1 fully saturated rings. The lowest BCUT2D eigenvalue weighted by Gasteiger charge is -2.25. The average molecular weight is 317 g/mol. The van der Waals surface area contributed by atoms with Crippen LogP contribution in [0.4, 0.5) is 0 Å². The van der Waals surface area contributed by atoms with Crippen molar-refractivity contribution in [1.29, 1.82) is 0 Å². The molecule has 1 saturated heterocycles. The molecule has 4 nitrogen and oxygen atoms in total. The summed E-state index contributed by atoms with van der Waals surface area (Å²) in [4.78, 5) is 0. The van der Waals surface area contributed by atoms with Crippen LogP contribution < -0.4 is 5.32 Å². The predicted molar refractivity (Wildman–Crippen MR) is 82.3 cm³/mol. The molecule has 112 valence electrons. The first-order chi connectivity index (χ1) is 9.47. The van der Waals surface area contributed by atoms with Crippen molar-refractivity contribution in [1.82, 2.24) is 9.62 Å². The number of rotatable bonds is 5. The van der Waals surface area contributed by atoms with Crippen LogP contribution in [-0.2, 0) is 16.6 Å². The first-order valence-electron chi connectivity index (χ1n) is 6.86. The summed E-state index contributed by atoms with van der Waals surface area (Å²) in [6.45, 7) is 2.23. The van der Waals surface area contributed by atoms with E-state index in [1.165, 1.54) is 4.31 Å². The molecule has 1 aliphatic rings. The van der Waals surface area contributed by atoms with Crippen molar-refractivity contribution in [2.45, 2.75) is 19.4 Å². The molecule has 1 aromatic carbocycles. The number of hydrogen-bond donors (Lipinski definition) is 1. The number of benzene rings is 1. The molecule has 0 unspecified atom stereocenters. The quantitative estimate of drug-likeness (QED) is 0.905. The zero-order chi connectivity index (χ0) is 14.6. The number of piperidine rings is 1. The van der Waals surface area contributed by atoms with E-state index in [4.69, 9.17) is 11.6 Å². The van der Waals surface area contributed by atoms with Crippen LogP contribution in [0, 0.1) is 5.92 Å². The van der Waals surface area contributed by atoms with Crippen LogP contribution in [0.15, 0.2) is 24.3 Å². The van der Waals surface area contributed by atoms with Crippen molar-refractivity contribution < 1.29 is 8.42 Å². The Bertz CT molecular complexity index is 525. The minimum atomic E-state index is -3.20. The van der Waals surface area contributed by atoms with Crippen LogP contribution in [0.2, 0.25) is 5.02 Å². The Labute approximate surface area is 126 Å². The maximum Gasteiger partial charge on any atom is 0.214 e. The van der Waals surface area contributed by atoms with Gasteiger partial charge in [-0.25, -0.2) is 12.7 Å². The van der Waals surface area contributed by atoms with Crippen LogP contribution in [0.5, 0.6) is 0 Å². The number of hydrogen-bond acceptors (Lipinski definition) is 3. The smallest absolute Gasteiger partial charge is 0.214 e. The van der Waals surface area contributed by atoms with E-state index < -0.39 is 10.0 Å². The standard InChI is InChI=1S/C14H21ClN2O2S/c1-17(10-12-2-4-14(15)5-3-12)20(18,19)11-13-6-8-16-9-7-13/h2-5,13,16H,6-11H2,1H3. The second-order valence-corrected chi connectivity index (χ2v) is 7.91. The normalized spacial score (nSPS) is 17.6. The largest absolute Gasteiger partial charge is 0.317 e. The zero-order valence-electron chi connectivity index (χ0n) is 11.7. The van der Waals surface area contributed by atoms with Gasteiger partial charge in [-0.1, -0.05) is 23.7 Å². The van der Waals surface area contributed by atoms with Crippen molar-refractivity contribution in [2.24, 2.45) is 5.92 Å². The highest BCUT2D eigenvalue weighted by Crippen LogP contribution is 2.18. The molecule has 6 heteroatoms. The van der Waals surface area contributed by atoms with E-state index in [1.54, 1.807) is 19.2 Å². The van der Waals surface area contributed by atoms with Crippen molar-refractivity contribution in [2.75, 3.05) is 25.9 Å². The first kappa shape index (κ1) is 15.8. The Morgan fingerprint density at radius 1 is 1.25 bits per heavy atom. The Morgan fingerprint density at radius 2 is 1.85 bits per heavy atom. The number of sulfonamides is 1. The van der Waals surface area contributed by atoms with Gasteiger partial charge in [0, 0.05) is 18.6 Å². The van der Waals surface area contributed by atoms with E-state index in [9.17, 15) is 8.42 Å². The maximum atomic E-state index is 12.3. The van der Waals surface area contributed by atoms with Crippen molar-refractivity contribution in [3.8, 4) is 0 Å². The summed E-state index contributed by atoms with van der Waals surface area (Å²) in [5, 5.41) is 3.91.